The molecule has 0 unspecified atom stereocenters. The van der Waals surface area contributed by atoms with Gasteiger partial charge < -0.3 is 20.7 Å². The molecule has 0 aliphatic carbocycles. The maximum absolute atomic E-state index is 11.7. The number of hydrogen-bond acceptors (Lipinski definition) is 4. The van der Waals surface area contributed by atoms with Crippen molar-refractivity contribution < 1.29 is 14.3 Å². The summed E-state index contributed by atoms with van der Waals surface area (Å²) in [6.45, 7) is 4.31. The average molecular weight is 277 g/mol. The SMILES string of the molecule is C1COCCN1.NC(=O)CN1Cc2ccccc2C1=O. The number of nitrogens with one attached hydrogen (secondary N) is 1. The number of nitrogens with two attached hydrogens (primary N) is 1. The lowest BCUT2D eigenvalue weighted by molar-refractivity contribution is -0.118. The fraction of sp³-hybridized carbons (Fsp3) is 0.429. The number of fused-ring (bicyclic) bond motifs is 1. The minimum atomic E-state index is -0.480. The Morgan fingerprint density at radius 2 is 2.00 bits per heavy atom. The first-order valence-corrected chi connectivity index (χ1v) is 6.62. The van der Waals surface area contributed by atoms with Crippen molar-refractivity contribution in [3.63, 3.8) is 0 Å². The zero-order chi connectivity index (χ0) is 14.4. The lowest BCUT2D eigenvalue weighted by Crippen LogP contribution is -2.33. The number of rotatable bonds is 2. The summed E-state index contributed by atoms with van der Waals surface area (Å²) in [5.41, 5.74) is 6.67. The van der Waals surface area contributed by atoms with Crippen molar-refractivity contribution in [3.05, 3.63) is 35.4 Å². The van der Waals surface area contributed by atoms with E-state index < -0.39 is 5.91 Å². The summed E-state index contributed by atoms with van der Waals surface area (Å²) in [5, 5.41) is 3.16. The molecule has 3 N–H and O–H groups in total. The van der Waals surface area contributed by atoms with E-state index in [2.05, 4.69) is 5.32 Å². The molecule has 2 heterocycles. The molecule has 6 nitrogen and oxygen atoms in total. The van der Waals surface area contributed by atoms with Crippen molar-refractivity contribution in [2.45, 2.75) is 6.54 Å². The Bertz CT molecular complexity index is 475. The molecule has 2 amide bonds. The van der Waals surface area contributed by atoms with E-state index in [0.29, 0.717) is 12.1 Å². The van der Waals surface area contributed by atoms with Crippen molar-refractivity contribution in [1.29, 1.82) is 0 Å². The molecular formula is C14H19N3O3. The Hall–Kier alpha value is -1.92. The van der Waals surface area contributed by atoms with Gasteiger partial charge in [-0.3, -0.25) is 9.59 Å². The number of benzene rings is 1. The van der Waals surface area contributed by atoms with Crippen LogP contribution in [0.2, 0.25) is 0 Å². The van der Waals surface area contributed by atoms with Crippen LogP contribution >= 0.6 is 0 Å². The first kappa shape index (κ1) is 14.5. The van der Waals surface area contributed by atoms with Gasteiger partial charge >= 0.3 is 0 Å². The number of primary amides is 1. The molecule has 0 radical (unpaired) electrons. The van der Waals surface area contributed by atoms with Crippen LogP contribution in [0.1, 0.15) is 15.9 Å². The van der Waals surface area contributed by atoms with Crippen molar-refractivity contribution in [2.75, 3.05) is 32.8 Å². The number of morpholine rings is 1. The molecule has 0 atom stereocenters. The van der Waals surface area contributed by atoms with E-state index in [1.165, 1.54) is 4.90 Å². The summed E-state index contributed by atoms with van der Waals surface area (Å²) >= 11 is 0. The third kappa shape index (κ3) is 3.79. The Balaban J connectivity index is 0.000000205. The van der Waals surface area contributed by atoms with Gasteiger partial charge in [0.05, 0.1) is 19.8 Å². The summed E-state index contributed by atoms with van der Waals surface area (Å²) < 4.78 is 5.01. The Labute approximate surface area is 117 Å². The zero-order valence-electron chi connectivity index (χ0n) is 11.3. The highest BCUT2D eigenvalue weighted by Crippen LogP contribution is 2.21. The fourth-order valence-corrected chi connectivity index (χ4v) is 2.15. The second kappa shape index (κ2) is 7.02. The van der Waals surface area contributed by atoms with Gasteiger partial charge in [-0.2, -0.15) is 0 Å². The van der Waals surface area contributed by atoms with Crippen LogP contribution in [0, 0.1) is 0 Å². The van der Waals surface area contributed by atoms with Crippen LogP contribution in [-0.2, 0) is 16.1 Å². The van der Waals surface area contributed by atoms with Gasteiger partial charge in [-0.05, 0) is 11.6 Å². The third-order valence-electron chi connectivity index (χ3n) is 3.09. The molecule has 1 saturated heterocycles. The van der Waals surface area contributed by atoms with Crippen molar-refractivity contribution in [1.82, 2.24) is 10.2 Å². The fourth-order valence-electron chi connectivity index (χ4n) is 2.15. The minimum absolute atomic E-state index is 0.00644. The summed E-state index contributed by atoms with van der Waals surface area (Å²) in [5.74, 6) is -0.592. The zero-order valence-corrected chi connectivity index (χ0v) is 11.3. The predicted octanol–water partition coefficient (Wildman–Crippen LogP) is -0.266. The quantitative estimate of drug-likeness (QED) is 0.779. The van der Waals surface area contributed by atoms with E-state index >= 15 is 0 Å². The molecule has 20 heavy (non-hydrogen) atoms. The second-order valence-electron chi connectivity index (χ2n) is 4.65. The van der Waals surface area contributed by atoms with Crippen LogP contribution in [0.4, 0.5) is 0 Å². The van der Waals surface area contributed by atoms with Crippen LogP contribution in [0.25, 0.3) is 0 Å². The van der Waals surface area contributed by atoms with Gasteiger partial charge in [0.1, 0.15) is 0 Å². The van der Waals surface area contributed by atoms with Gasteiger partial charge in [-0.1, -0.05) is 18.2 Å². The van der Waals surface area contributed by atoms with Crippen molar-refractivity contribution in [3.8, 4) is 0 Å². The number of ether oxygens (including phenoxy) is 1. The highest BCUT2D eigenvalue weighted by Gasteiger charge is 2.27. The molecule has 2 aliphatic heterocycles. The molecule has 3 rings (SSSR count). The molecule has 0 aromatic heterocycles. The van der Waals surface area contributed by atoms with Crippen LogP contribution in [0.3, 0.4) is 0 Å². The molecule has 0 spiro atoms. The summed E-state index contributed by atoms with van der Waals surface area (Å²) in [7, 11) is 0. The maximum Gasteiger partial charge on any atom is 0.254 e. The van der Waals surface area contributed by atoms with Crippen LogP contribution in [0.5, 0.6) is 0 Å². The number of nitrogens with zero attached hydrogens (tertiary/aromatic N) is 1. The van der Waals surface area contributed by atoms with E-state index in [1.807, 2.05) is 18.2 Å². The molecule has 1 aromatic carbocycles. The van der Waals surface area contributed by atoms with Gasteiger partial charge in [0, 0.05) is 25.2 Å². The molecular weight excluding hydrogens is 258 g/mol. The summed E-state index contributed by atoms with van der Waals surface area (Å²) in [4.78, 5) is 23.8. The number of carbonyl (C=O) groups excluding carboxylic acids is 2. The molecule has 0 saturated carbocycles. The molecule has 2 aliphatic rings. The van der Waals surface area contributed by atoms with Crippen molar-refractivity contribution in [2.24, 2.45) is 5.73 Å². The topological polar surface area (TPSA) is 84.7 Å². The normalized spacial score (nSPS) is 17.2. The average Bonchev–Trinajstić information content (AvgIpc) is 2.78. The smallest absolute Gasteiger partial charge is 0.254 e. The molecule has 6 heteroatoms. The maximum atomic E-state index is 11.7. The lowest BCUT2D eigenvalue weighted by Gasteiger charge is -2.11. The van der Waals surface area contributed by atoms with E-state index in [0.717, 1.165) is 31.9 Å². The Morgan fingerprint density at radius 3 is 2.50 bits per heavy atom. The van der Waals surface area contributed by atoms with Gasteiger partial charge in [0.25, 0.3) is 5.91 Å². The Morgan fingerprint density at radius 1 is 1.30 bits per heavy atom. The predicted molar refractivity (Wildman–Crippen MR) is 74.1 cm³/mol. The van der Waals surface area contributed by atoms with E-state index in [-0.39, 0.29) is 12.5 Å². The van der Waals surface area contributed by atoms with Crippen LogP contribution < -0.4 is 11.1 Å². The van der Waals surface area contributed by atoms with Crippen molar-refractivity contribution >= 4 is 11.8 Å². The monoisotopic (exact) mass is 277 g/mol. The highest BCUT2D eigenvalue weighted by atomic mass is 16.5. The molecule has 1 fully saturated rings. The minimum Gasteiger partial charge on any atom is -0.379 e. The molecule has 1 aromatic rings. The number of hydrogen-bond donors (Lipinski definition) is 2. The van der Waals surface area contributed by atoms with Gasteiger partial charge in [-0.25, -0.2) is 0 Å². The van der Waals surface area contributed by atoms with Gasteiger partial charge in [0.15, 0.2) is 0 Å². The summed E-state index contributed by atoms with van der Waals surface area (Å²) in [6, 6.07) is 7.33. The van der Waals surface area contributed by atoms with Gasteiger partial charge in [-0.15, -0.1) is 0 Å². The highest BCUT2D eigenvalue weighted by molar-refractivity contribution is 6.00. The molecule has 0 bridgehead atoms. The van der Waals surface area contributed by atoms with E-state index in [1.54, 1.807) is 6.07 Å². The van der Waals surface area contributed by atoms with Gasteiger partial charge in [0.2, 0.25) is 5.91 Å². The number of carbonyl (C=O) groups is 2. The number of amides is 2. The largest absolute Gasteiger partial charge is 0.379 e. The standard InChI is InChI=1S/C10H10N2O2.C4H9NO/c11-9(13)6-12-5-7-3-1-2-4-8(7)10(12)14;1-3-6-4-2-5-1/h1-4H,5-6H2,(H2,11,13);5H,1-4H2. The second-order valence-corrected chi connectivity index (χ2v) is 4.65. The van der Waals surface area contributed by atoms with Crippen LogP contribution in [0.15, 0.2) is 24.3 Å². The Kier molecular flexibility index (Phi) is 5.09. The third-order valence-corrected chi connectivity index (χ3v) is 3.09. The summed E-state index contributed by atoms with van der Waals surface area (Å²) in [6.07, 6.45) is 0. The molecule has 108 valence electrons. The van der Waals surface area contributed by atoms with E-state index in [4.69, 9.17) is 10.5 Å². The van der Waals surface area contributed by atoms with Crippen LogP contribution in [-0.4, -0.2) is 49.6 Å². The first-order valence-electron chi connectivity index (χ1n) is 6.62. The lowest BCUT2D eigenvalue weighted by atomic mass is 10.1. The first-order chi connectivity index (χ1) is 9.68. The van der Waals surface area contributed by atoms with E-state index in [9.17, 15) is 9.59 Å².